The van der Waals surface area contributed by atoms with Crippen molar-refractivity contribution in [1.82, 2.24) is 14.9 Å². The SMILES string of the molecule is CCCCCCCCCC1=NC2(CCN(S(=O)(=O)/C=C/c3ccc(N4C(=O)CNC4=O)cc3C(F)(F)F)CC2)C(=O)N1. The summed E-state index contributed by atoms with van der Waals surface area (Å²) in [5.74, 6) is -0.318. The van der Waals surface area contributed by atoms with Gasteiger partial charge in [0.15, 0.2) is 0 Å². The minimum absolute atomic E-state index is 0.00838. The van der Waals surface area contributed by atoms with E-state index in [9.17, 15) is 36.0 Å². The minimum Gasteiger partial charge on any atom is -0.328 e. The van der Waals surface area contributed by atoms with E-state index in [0.29, 0.717) is 28.6 Å². The third-order valence-corrected chi connectivity index (χ3v) is 9.38. The van der Waals surface area contributed by atoms with E-state index in [-0.39, 0.29) is 44.1 Å². The first-order valence-corrected chi connectivity index (χ1v) is 15.8. The maximum absolute atomic E-state index is 13.8. The van der Waals surface area contributed by atoms with Gasteiger partial charge in [0.25, 0.3) is 11.8 Å². The highest BCUT2D eigenvalue weighted by molar-refractivity contribution is 7.92. The Kier molecular flexibility index (Phi) is 9.76. The first-order chi connectivity index (χ1) is 19.9. The highest BCUT2D eigenvalue weighted by atomic mass is 32.2. The largest absolute Gasteiger partial charge is 0.417 e. The standard InChI is InChI=1S/C28H36F3N5O5S/c1-2-3-4-5-6-7-8-9-23-33-25(38)27(34-23)13-15-35(16-14-27)42(40,41)17-12-20-10-11-21(18-22(20)28(29,30)31)36-24(37)19-32-26(36)39/h10-12,17-18H,2-9,13-16,19H2,1H3,(H,32,39)(H,33,34,38)/b17-12+. The fraction of sp³-hybridized carbons (Fsp3) is 0.571. The van der Waals surface area contributed by atoms with Crippen LogP contribution in [0.15, 0.2) is 28.6 Å². The van der Waals surface area contributed by atoms with E-state index in [2.05, 4.69) is 22.5 Å². The molecule has 42 heavy (non-hydrogen) atoms. The van der Waals surface area contributed by atoms with Gasteiger partial charge in [-0.3, -0.25) is 14.6 Å². The van der Waals surface area contributed by atoms with E-state index in [1.807, 2.05) is 0 Å². The molecule has 0 bridgehead atoms. The molecule has 3 aliphatic rings. The maximum Gasteiger partial charge on any atom is 0.417 e. The highest BCUT2D eigenvalue weighted by Crippen LogP contribution is 2.36. The molecule has 0 unspecified atom stereocenters. The Bertz CT molecular complexity index is 1350. The van der Waals surface area contributed by atoms with Gasteiger partial charge in [-0.15, -0.1) is 0 Å². The molecule has 3 aliphatic heterocycles. The van der Waals surface area contributed by atoms with Crippen LogP contribution in [0.3, 0.4) is 0 Å². The first-order valence-electron chi connectivity index (χ1n) is 14.3. The number of nitrogens with one attached hydrogen (secondary N) is 2. The van der Waals surface area contributed by atoms with Gasteiger partial charge in [0, 0.05) is 24.9 Å². The number of carbonyl (C=O) groups is 3. The summed E-state index contributed by atoms with van der Waals surface area (Å²) in [7, 11) is -4.12. The Morgan fingerprint density at radius 2 is 1.69 bits per heavy atom. The Morgan fingerprint density at radius 1 is 1.02 bits per heavy atom. The van der Waals surface area contributed by atoms with E-state index in [4.69, 9.17) is 0 Å². The molecule has 2 N–H and O–H groups in total. The first kappa shape index (κ1) is 31.7. The fourth-order valence-corrected chi connectivity index (χ4v) is 6.59. The molecule has 10 nitrogen and oxygen atoms in total. The van der Waals surface area contributed by atoms with Crippen LogP contribution in [0.25, 0.3) is 6.08 Å². The summed E-state index contributed by atoms with van der Waals surface area (Å²) in [4.78, 5) is 41.8. The number of aliphatic imine (C=N–C) groups is 1. The summed E-state index contributed by atoms with van der Waals surface area (Å²) in [5, 5.41) is 5.79. The molecule has 0 aliphatic carbocycles. The molecule has 230 valence electrons. The number of amides is 4. The maximum atomic E-state index is 13.8. The van der Waals surface area contributed by atoms with Gasteiger partial charge in [0.2, 0.25) is 10.0 Å². The van der Waals surface area contributed by atoms with Crippen molar-refractivity contribution < 1.29 is 36.0 Å². The number of rotatable bonds is 12. The molecule has 3 heterocycles. The van der Waals surface area contributed by atoms with Crippen molar-refractivity contribution >= 4 is 45.5 Å². The van der Waals surface area contributed by atoms with Gasteiger partial charge in [0.1, 0.15) is 11.4 Å². The summed E-state index contributed by atoms with van der Waals surface area (Å²) in [6, 6.07) is 1.96. The van der Waals surface area contributed by atoms with E-state index in [0.717, 1.165) is 41.8 Å². The van der Waals surface area contributed by atoms with Crippen LogP contribution in [0.5, 0.6) is 0 Å². The van der Waals surface area contributed by atoms with E-state index in [1.165, 1.54) is 25.7 Å². The van der Waals surface area contributed by atoms with Gasteiger partial charge in [-0.2, -0.15) is 17.5 Å². The van der Waals surface area contributed by atoms with Gasteiger partial charge in [-0.1, -0.05) is 51.5 Å². The number of unbranched alkanes of at least 4 members (excludes halogenated alkanes) is 6. The third-order valence-electron chi connectivity index (χ3n) is 7.82. The quantitative estimate of drug-likeness (QED) is 0.265. The number of alkyl halides is 3. The number of halogens is 3. The van der Waals surface area contributed by atoms with E-state index in [1.54, 1.807) is 0 Å². The Labute approximate surface area is 243 Å². The number of benzene rings is 1. The summed E-state index contributed by atoms with van der Waals surface area (Å²) >= 11 is 0. The smallest absolute Gasteiger partial charge is 0.328 e. The van der Waals surface area contributed by atoms with Crippen LogP contribution in [0.1, 0.15) is 82.3 Å². The number of nitrogens with zero attached hydrogens (tertiary/aromatic N) is 3. The van der Waals surface area contributed by atoms with Crippen molar-refractivity contribution in [1.29, 1.82) is 0 Å². The lowest BCUT2D eigenvalue weighted by molar-refractivity contribution is -0.137. The topological polar surface area (TPSA) is 128 Å². The van der Waals surface area contributed by atoms with Crippen LogP contribution in [0.4, 0.5) is 23.7 Å². The Morgan fingerprint density at radius 3 is 2.31 bits per heavy atom. The number of carbonyl (C=O) groups excluding carboxylic acids is 3. The zero-order chi connectivity index (χ0) is 30.5. The summed E-state index contributed by atoms with van der Waals surface area (Å²) in [5.41, 5.74) is -2.93. The van der Waals surface area contributed by atoms with Crippen molar-refractivity contribution in [2.75, 3.05) is 24.5 Å². The molecule has 1 aromatic carbocycles. The molecule has 4 rings (SSSR count). The number of amidine groups is 1. The number of hydrogen-bond acceptors (Lipinski definition) is 6. The van der Waals surface area contributed by atoms with Gasteiger partial charge in [-0.05, 0) is 43.0 Å². The lowest BCUT2D eigenvalue weighted by atomic mass is 9.89. The van der Waals surface area contributed by atoms with Crippen LogP contribution in [0, 0.1) is 0 Å². The van der Waals surface area contributed by atoms with Crippen LogP contribution in [-0.4, -0.2) is 61.6 Å². The molecule has 0 radical (unpaired) electrons. The molecular weight excluding hydrogens is 575 g/mol. The summed E-state index contributed by atoms with van der Waals surface area (Å²) < 4.78 is 68.7. The monoisotopic (exact) mass is 611 g/mol. The highest BCUT2D eigenvalue weighted by Gasteiger charge is 2.47. The van der Waals surface area contributed by atoms with Gasteiger partial charge in [0.05, 0.1) is 17.8 Å². The molecular formula is C28H36F3N5O5S. The summed E-state index contributed by atoms with van der Waals surface area (Å²) in [6.45, 7) is 1.83. The van der Waals surface area contributed by atoms with Crippen molar-refractivity contribution in [2.24, 2.45) is 4.99 Å². The molecule has 2 fully saturated rings. The Hall–Kier alpha value is -3.26. The average Bonchev–Trinajstić information content (AvgIpc) is 3.43. The molecule has 4 amide bonds. The number of imide groups is 1. The molecule has 0 saturated carbocycles. The van der Waals surface area contributed by atoms with E-state index >= 15 is 0 Å². The normalized spacial score (nSPS) is 19.6. The number of anilines is 1. The van der Waals surface area contributed by atoms with Crippen LogP contribution >= 0.6 is 0 Å². The zero-order valence-electron chi connectivity index (χ0n) is 23.5. The van der Waals surface area contributed by atoms with Crippen molar-refractivity contribution in [3.05, 3.63) is 34.7 Å². The van der Waals surface area contributed by atoms with Gasteiger partial charge >= 0.3 is 12.2 Å². The van der Waals surface area contributed by atoms with Crippen molar-refractivity contribution in [2.45, 2.75) is 82.8 Å². The van der Waals surface area contributed by atoms with Gasteiger partial charge < -0.3 is 10.6 Å². The second kappa shape index (κ2) is 12.9. The van der Waals surface area contributed by atoms with Crippen LogP contribution in [0.2, 0.25) is 0 Å². The second-order valence-corrected chi connectivity index (χ2v) is 12.6. The van der Waals surface area contributed by atoms with Crippen molar-refractivity contribution in [3.8, 4) is 0 Å². The van der Waals surface area contributed by atoms with Crippen molar-refractivity contribution in [3.63, 3.8) is 0 Å². The lowest BCUT2D eigenvalue weighted by Crippen LogP contribution is -2.50. The molecule has 2 saturated heterocycles. The lowest BCUT2D eigenvalue weighted by Gasteiger charge is -2.34. The van der Waals surface area contributed by atoms with Crippen LogP contribution in [-0.2, 0) is 25.8 Å². The molecule has 0 aromatic heterocycles. The minimum atomic E-state index is -4.88. The number of urea groups is 1. The molecule has 1 aromatic rings. The van der Waals surface area contributed by atoms with E-state index < -0.39 is 44.8 Å². The summed E-state index contributed by atoms with van der Waals surface area (Å²) in [6.07, 6.45) is 4.90. The fourth-order valence-electron chi connectivity index (χ4n) is 5.41. The predicted octanol–water partition coefficient (Wildman–Crippen LogP) is 4.57. The van der Waals surface area contributed by atoms with Crippen LogP contribution < -0.4 is 15.5 Å². The molecule has 14 heteroatoms. The molecule has 0 atom stereocenters. The predicted molar refractivity (Wildman–Crippen MR) is 152 cm³/mol. The third kappa shape index (κ3) is 7.20. The number of sulfonamides is 1. The van der Waals surface area contributed by atoms with Gasteiger partial charge in [-0.25, -0.2) is 18.1 Å². The second-order valence-electron chi connectivity index (χ2n) is 10.8. The number of hydrogen-bond donors (Lipinski definition) is 2. The zero-order valence-corrected chi connectivity index (χ0v) is 24.3. The average molecular weight is 612 g/mol. The molecule has 1 spiro atoms. The number of piperidine rings is 1. The Balaban J connectivity index is 1.39.